The zero-order valence-corrected chi connectivity index (χ0v) is 14.4. The molecule has 0 aromatic carbocycles. The third-order valence-corrected chi connectivity index (χ3v) is 5.09. The first-order valence-corrected chi connectivity index (χ1v) is 8.65. The van der Waals surface area contributed by atoms with Gasteiger partial charge in [0.25, 0.3) is 5.91 Å². The summed E-state index contributed by atoms with van der Waals surface area (Å²) in [6.07, 6.45) is 2.00. The summed E-state index contributed by atoms with van der Waals surface area (Å²) in [5.41, 5.74) is 1.15. The number of carbonyl (C=O) groups is 1. The summed E-state index contributed by atoms with van der Waals surface area (Å²) in [5, 5.41) is 23.8. The number of nitrogens with one attached hydrogen (secondary N) is 2. The third-order valence-electron chi connectivity index (χ3n) is 3.95. The van der Waals surface area contributed by atoms with E-state index in [2.05, 4.69) is 31.1 Å². The number of aromatic nitrogens is 5. The second-order valence-corrected chi connectivity index (χ2v) is 7.01. The molecule has 0 bridgehead atoms. The van der Waals surface area contributed by atoms with Gasteiger partial charge in [-0.2, -0.15) is 0 Å². The van der Waals surface area contributed by atoms with E-state index in [-0.39, 0.29) is 5.91 Å². The molecule has 2 aromatic heterocycles. The van der Waals surface area contributed by atoms with Crippen LogP contribution in [0.25, 0.3) is 0 Å². The van der Waals surface area contributed by atoms with E-state index < -0.39 is 0 Å². The Morgan fingerprint density at radius 1 is 1.30 bits per heavy atom. The lowest BCUT2D eigenvalue weighted by atomic mass is 10.1. The van der Waals surface area contributed by atoms with Gasteiger partial charge in [0.05, 0.1) is 11.7 Å². The maximum atomic E-state index is 12.4. The molecule has 23 heavy (non-hydrogen) atoms. The van der Waals surface area contributed by atoms with E-state index >= 15 is 0 Å². The Hall–Kier alpha value is -1.87. The molecule has 0 atom stereocenters. The summed E-state index contributed by atoms with van der Waals surface area (Å²) in [4.78, 5) is 12.4. The quantitative estimate of drug-likeness (QED) is 0.883. The van der Waals surface area contributed by atoms with Gasteiger partial charge < -0.3 is 5.32 Å². The van der Waals surface area contributed by atoms with E-state index in [1.807, 2.05) is 25.5 Å². The Balaban J connectivity index is 1.73. The minimum absolute atomic E-state index is 0.283. The fourth-order valence-electron chi connectivity index (χ4n) is 2.62. The fraction of sp³-hybridized carbons (Fsp3) is 0.643. The monoisotopic (exact) mass is 335 g/mol. The number of hydrogen-bond acceptors (Lipinski definition) is 7. The molecule has 1 aliphatic rings. The van der Waals surface area contributed by atoms with Crippen molar-refractivity contribution in [3.8, 4) is 0 Å². The van der Waals surface area contributed by atoms with Crippen LogP contribution in [0, 0.1) is 6.92 Å². The van der Waals surface area contributed by atoms with Gasteiger partial charge in [-0.25, -0.2) is 4.68 Å². The Bertz CT molecular complexity index is 687. The van der Waals surface area contributed by atoms with Crippen molar-refractivity contribution in [1.82, 2.24) is 30.5 Å². The van der Waals surface area contributed by atoms with Crippen molar-refractivity contribution in [3.63, 3.8) is 0 Å². The van der Waals surface area contributed by atoms with Crippen LogP contribution in [-0.2, 0) is 0 Å². The van der Waals surface area contributed by atoms with Crippen LogP contribution in [0.5, 0.6) is 0 Å². The number of anilines is 1. The number of amides is 1. The molecular weight excluding hydrogens is 314 g/mol. The third kappa shape index (κ3) is 3.40. The van der Waals surface area contributed by atoms with Crippen LogP contribution in [0.3, 0.4) is 0 Å². The minimum Gasteiger partial charge on any atom is -0.317 e. The average molecular weight is 335 g/mol. The van der Waals surface area contributed by atoms with Crippen LogP contribution in [0.2, 0.25) is 0 Å². The molecule has 1 amide bonds. The van der Waals surface area contributed by atoms with Gasteiger partial charge in [-0.05, 0) is 32.9 Å². The smallest absolute Gasteiger partial charge is 0.279 e. The molecule has 0 aliphatic carbocycles. The molecular formula is C14H21N7OS. The second kappa shape index (κ2) is 6.71. The highest BCUT2D eigenvalue weighted by atomic mass is 32.1. The molecule has 0 unspecified atom stereocenters. The van der Waals surface area contributed by atoms with Crippen LogP contribution < -0.4 is 10.6 Å². The molecule has 9 heteroatoms. The van der Waals surface area contributed by atoms with Crippen molar-refractivity contribution >= 4 is 22.4 Å². The van der Waals surface area contributed by atoms with E-state index in [1.165, 1.54) is 11.3 Å². The first kappa shape index (κ1) is 16.0. The highest BCUT2D eigenvalue weighted by Crippen LogP contribution is 2.24. The molecule has 1 saturated heterocycles. The van der Waals surface area contributed by atoms with Crippen molar-refractivity contribution in [2.75, 3.05) is 18.4 Å². The maximum absolute atomic E-state index is 12.4. The molecule has 3 rings (SSSR count). The number of piperidine rings is 1. The van der Waals surface area contributed by atoms with Gasteiger partial charge in [-0.1, -0.05) is 30.4 Å². The van der Waals surface area contributed by atoms with Gasteiger partial charge in [-0.15, -0.1) is 15.3 Å². The van der Waals surface area contributed by atoms with Crippen LogP contribution in [0.4, 0.5) is 5.13 Å². The molecule has 2 aromatic rings. The average Bonchev–Trinajstić information content (AvgIpc) is 3.15. The zero-order chi connectivity index (χ0) is 16.4. The summed E-state index contributed by atoms with van der Waals surface area (Å²) < 4.78 is 1.87. The minimum atomic E-state index is -0.283. The SMILES string of the molecule is Cc1c(C(=O)Nc2nnc(C(C)C)s2)nnn1C1CCNCC1. The molecule has 0 radical (unpaired) electrons. The predicted molar refractivity (Wildman–Crippen MR) is 87.9 cm³/mol. The van der Waals surface area contributed by atoms with Crippen molar-refractivity contribution in [3.05, 3.63) is 16.4 Å². The molecule has 3 heterocycles. The van der Waals surface area contributed by atoms with E-state index in [0.29, 0.717) is 22.8 Å². The van der Waals surface area contributed by atoms with E-state index in [0.717, 1.165) is 36.6 Å². The second-order valence-electron chi connectivity index (χ2n) is 6.00. The van der Waals surface area contributed by atoms with Crippen molar-refractivity contribution < 1.29 is 4.79 Å². The lowest BCUT2D eigenvalue weighted by Crippen LogP contribution is -2.30. The number of nitrogens with zero attached hydrogens (tertiary/aromatic N) is 5. The number of rotatable bonds is 4. The maximum Gasteiger partial charge on any atom is 0.279 e. The van der Waals surface area contributed by atoms with Crippen LogP contribution in [0.1, 0.15) is 59.8 Å². The van der Waals surface area contributed by atoms with Gasteiger partial charge in [0.15, 0.2) is 5.69 Å². The Kier molecular flexibility index (Phi) is 4.67. The van der Waals surface area contributed by atoms with E-state index in [9.17, 15) is 4.79 Å². The molecule has 0 saturated carbocycles. The highest BCUT2D eigenvalue weighted by Gasteiger charge is 2.23. The first-order chi connectivity index (χ1) is 11.1. The van der Waals surface area contributed by atoms with Crippen molar-refractivity contribution in [1.29, 1.82) is 0 Å². The summed E-state index contributed by atoms with van der Waals surface area (Å²) in [5.74, 6) is 0.00909. The Morgan fingerprint density at radius 2 is 2.04 bits per heavy atom. The Labute approximate surface area is 138 Å². The summed E-state index contributed by atoms with van der Waals surface area (Å²) in [6.45, 7) is 7.90. The fourth-order valence-corrected chi connectivity index (χ4v) is 3.36. The summed E-state index contributed by atoms with van der Waals surface area (Å²) in [6, 6.07) is 0.305. The molecule has 124 valence electrons. The number of hydrogen-bond donors (Lipinski definition) is 2. The highest BCUT2D eigenvalue weighted by molar-refractivity contribution is 7.15. The number of carbonyl (C=O) groups excluding carboxylic acids is 1. The lowest BCUT2D eigenvalue weighted by molar-refractivity contribution is 0.102. The molecule has 8 nitrogen and oxygen atoms in total. The summed E-state index contributed by atoms with van der Waals surface area (Å²) >= 11 is 1.39. The Morgan fingerprint density at radius 3 is 2.70 bits per heavy atom. The van der Waals surface area contributed by atoms with Crippen molar-refractivity contribution in [2.24, 2.45) is 0 Å². The van der Waals surface area contributed by atoms with Crippen LogP contribution >= 0.6 is 11.3 Å². The molecule has 1 aliphatic heterocycles. The van der Waals surface area contributed by atoms with Gasteiger partial charge in [0.1, 0.15) is 5.01 Å². The van der Waals surface area contributed by atoms with E-state index in [4.69, 9.17) is 0 Å². The molecule has 1 fully saturated rings. The van der Waals surface area contributed by atoms with Gasteiger partial charge in [0, 0.05) is 5.92 Å². The normalized spacial score (nSPS) is 16.0. The largest absolute Gasteiger partial charge is 0.317 e. The van der Waals surface area contributed by atoms with Crippen LogP contribution in [0.15, 0.2) is 0 Å². The van der Waals surface area contributed by atoms with Gasteiger partial charge in [0.2, 0.25) is 5.13 Å². The van der Waals surface area contributed by atoms with Crippen LogP contribution in [-0.4, -0.2) is 44.2 Å². The zero-order valence-electron chi connectivity index (χ0n) is 13.5. The lowest BCUT2D eigenvalue weighted by Gasteiger charge is -2.23. The van der Waals surface area contributed by atoms with Crippen molar-refractivity contribution in [2.45, 2.75) is 45.6 Å². The topological polar surface area (TPSA) is 97.6 Å². The predicted octanol–water partition coefficient (Wildman–Crippen LogP) is 1.74. The van der Waals surface area contributed by atoms with Gasteiger partial charge >= 0.3 is 0 Å². The summed E-state index contributed by atoms with van der Waals surface area (Å²) in [7, 11) is 0. The van der Waals surface area contributed by atoms with Gasteiger partial charge in [-0.3, -0.25) is 10.1 Å². The standard InChI is InChI=1S/C14H21N7OS/c1-8(2)13-18-19-14(23-13)16-12(22)11-9(3)21(20-17-11)10-4-6-15-7-5-10/h8,10,15H,4-7H2,1-3H3,(H,16,19,22). The molecule has 2 N–H and O–H groups in total. The first-order valence-electron chi connectivity index (χ1n) is 7.83. The van der Waals surface area contributed by atoms with E-state index in [1.54, 1.807) is 0 Å². The molecule has 0 spiro atoms.